The van der Waals surface area contributed by atoms with Gasteiger partial charge in [-0.3, -0.25) is 10.1 Å². The van der Waals surface area contributed by atoms with Gasteiger partial charge in [0, 0.05) is 27.1 Å². The van der Waals surface area contributed by atoms with Gasteiger partial charge in [-0.1, -0.05) is 18.6 Å². The Bertz CT molecular complexity index is 1730. The maximum absolute atomic E-state index is 6.24. The van der Waals surface area contributed by atoms with E-state index in [4.69, 9.17) is 14.7 Å². The van der Waals surface area contributed by atoms with Crippen molar-refractivity contribution in [1.82, 2.24) is 30.1 Å². The van der Waals surface area contributed by atoms with Gasteiger partial charge in [0.15, 0.2) is 11.5 Å². The number of ether oxygens (including phenoxy) is 1. The van der Waals surface area contributed by atoms with Crippen LogP contribution < -0.4 is 4.74 Å². The maximum atomic E-state index is 6.24. The van der Waals surface area contributed by atoms with E-state index in [0.29, 0.717) is 11.5 Å². The molecule has 0 saturated heterocycles. The molecule has 1 fully saturated rings. The first kappa shape index (κ1) is 22.2. The molecular formula is C29H26N6OS. The van der Waals surface area contributed by atoms with E-state index >= 15 is 0 Å². The van der Waals surface area contributed by atoms with Crippen LogP contribution >= 0.6 is 11.3 Å². The fraction of sp³-hybridized carbons (Fsp3) is 0.241. The first-order chi connectivity index (χ1) is 18.2. The Labute approximate surface area is 218 Å². The number of para-hydroxylation sites is 1. The summed E-state index contributed by atoms with van der Waals surface area (Å²) in [6, 6.07) is 16.5. The first-order valence-electron chi connectivity index (χ1n) is 12.7. The third-order valence-corrected chi connectivity index (χ3v) is 8.05. The topological polar surface area (TPSA) is 92.4 Å². The van der Waals surface area contributed by atoms with Crippen LogP contribution in [-0.2, 0) is 0 Å². The largest absolute Gasteiger partial charge is 0.489 e. The third kappa shape index (κ3) is 4.17. The number of benzene rings is 1. The summed E-state index contributed by atoms with van der Waals surface area (Å²) in [5.41, 5.74) is 7.09. The fourth-order valence-electron chi connectivity index (χ4n) is 5.15. The Morgan fingerprint density at radius 2 is 1.84 bits per heavy atom. The molecule has 8 heteroatoms. The number of nitrogens with one attached hydrogen (secondary N) is 2. The summed E-state index contributed by atoms with van der Waals surface area (Å²) >= 11 is 1.77. The molecule has 0 unspecified atom stereocenters. The quantitative estimate of drug-likeness (QED) is 0.256. The number of rotatable bonds is 5. The molecule has 1 saturated carbocycles. The molecule has 0 amide bonds. The average molecular weight is 507 g/mol. The average Bonchev–Trinajstić information content (AvgIpc) is 3.66. The SMILES string of the molecule is Cc1ccc(-c2cccc3[nH]c(-c4n[nH]c5ccc(-c6cncc(OC7CCCCC7)c6)nc45)nc23)s1. The van der Waals surface area contributed by atoms with Crippen LogP contribution in [0.2, 0.25) is 0 Å². The van der Waals surface area contributed by atoms with Gasteiger partial charge in [0.1, 0.15) is 11.3 Å². The van der Waals surface area contributed by atoms with Crippen molar-refractivity contribution in [1.29, 1.82) is 0 Å². The normalized spacial score (nSPS) is 14.5. The van der Waals surface area contributed by atoms with Gasteiger partial charge < -0.3 is 9.72 Å². The van der Waals surface area contributed by atoms with Crippen molar-refractivity contribution in [2.45, 2.75) is 45.1 Å². The summed E-state index contributed by atoms with van der Waals surface area (Å²) in [6.07, 6.45) is 9.88. The molecule has 5 aromatic heterocycles. The van der Waals surface area contributed by atoms with Gasteiger partial charge in [0.05, 0.1) is 34.5 Å². The molecule has 6 aromatic rings. The van der Waals surface area contributed by atoms with Crippen molar-refractivity contribution >= 4 is 33.4 Å². The Hall–Kier alpha value is -4.04. The van der Waals surface area contributed by atoms with Crippen molar-refractivity contribution in [3.8, 4) is 39.0 Å². The Morgan fingerprint density at radius 3 is 2.70 bits per heavy atom. The molecule has 1 aliphatic carbocycles. The number of aromatic amines is 2. The molecule has 37 heavy (non-hydrogen) atoms. The minimum absolute atomic E-state index is 0.276. The second-order valence-corrected chi connectivity index (χ2v) is 10.9. The molecule has 0 spiro atoms. The van der Waals surface area contributed by atoms with Gasteiger partial charge in [-0.05, 0) is 69.0 Å². The number of hydrogen-bond acceptors (Lipinski definition) is 6. The van der Waals surface area contributed by atoms with E-state index in [1.54, 1.807) is 17.5 Å². The Morgan fingerprint density at radius 1 is 0.919 bits per heavy atom. The van der Waals surface area contributed by atoms with E-state index < -0.39 is 0 Å². The highest BCUT2D eigenvalue weighted by Crippen LogP contribution is 2.35. The summed E-state index contributed by atoms with van der Waals surface area (Å²) < 4.78 is 6.24. The Kier molecular flexibility index (Phi) is 5.47. The van der Waals surface area contributed by atoms with Crippen molar-refractivity contribution in [3.05, 3.63) is 65.8 Å². The molecule has 0 aliphatic heterocycles. The number of pyridine rings is 2. The zero-order chi connectivity index (χ0) is 24.8. The first-order valence-corrected chi connectivity index (χ1v) is 13.6. The van der Waals surface area contributed by atoms with Gasteiger partial charge in [-0.15, -0.1) is 11.3 Å². The van der Waals surface area contributed by atoms with Crippen LogP contribution in [0.1, 0.15) is 37.0 Å². The van der Waals surface area contributed by atoms with E-state index in [1.807, 2.05) is 30.5 Å². The minimum Gasteiger partial charge on any atom is -0.489 e. The lowest BCUT2D eigenvalue weighted by Crippen LogP contribution is -2.19. The van der Waals surface area contributed by atoms with Gasteiger partial charge >= 0.3 is 0 Å². The van der Waals surface area contributed by atoms with Crippen molar-refractivity contribution < 1.29 is 4.74 Å². The molecule has 7 nitrogen and oxygen atoms in total. The third-order valence-electron chi connectivity index (χ3n) is 7.01. The lowest BCUT2D eigenvalue weighted by Gasteiger charge is -2.22. The van der Waals surface area contributed by atoms with Gasteiger partial charge in [0.25, 0.3) is 0 Å². The summed E-state index contributed by atoms with van der Waals surface area (Å²) in [6.45, 7) is 2.12. The van der Waals surface area contributed by atoms with E-state index in [2.05, 4.69) is 51.4 Å². The lowest BCUT2D eigenvalue weighted by molar-refractivity contribution is 0.154. The number of fused-ring (bicyclic) bond motifs is 2. The Balaban J connectivity index is 1.26. The van der Waals surface area contributed by atoms with Gasteiger partial charge in [-0.2, -0.15) is 5.10 Å². The van der Waals surface area contributed by atoms with Crippen LogP contribution in [0.15, 0.2) is 60.9 Å². The van der Waals surface area contributed by atoms with Crippen LogP contribution in [0.4, 0.5) is 0 Å². The molecule has 0 atom stereocenters. The molecule has 0 radical (unpaired) electrons. The summed E-state index contributed by atoms with van der Waals surface area (Å²) in [5, 5.41) is 7.69. The van der Waals surface area contributed by atoms with Crippen molar-refractivity contribution in [3.63, 3.8) is 0 Å². The minimum atomic E-state index is 0.276. The van der Waals surface area contributed by atoms with Crippen LogP contribution in [-0.4, -0.2) is 36.2 Å². The van der Waals surface area contributed by atoms with Gasteiger partial charge in [-0.25, -0.2) is 9.97 Å². The molecule has 1 aliphatic rings. The number of H-pyrrole nitrogens is 2. The molecule has 7 rings (SSSR count). The predicted octanol–water partition coefficient (Wildman–Crippen LogP) is 7.31. The van der Waals surface area contributed by atoms with Gasteiger partial charge in [0.2, 0.25) is 0 Å². The number of hydrogen-bond donors (Lipinski definition) is 2. The number of thiophene rings is 1. The van der Waals surface area contributed by atoms with E-state index in [-0.39, 0.29) is 6.10 Å². The van der Waals surface area contributed by atoms with Crippen molar-refractivity contribution in [2.24, 2.45) is 0 Å². The fourth-order valence-corrected chi connectivity index (χ4v) is 6.04. The second-order valence-electron chi connectivity index (χ2n) is 9.65. The maximum Gasteiger partial charge on any atom is 0.161 e. The highest BCUT2D eigenvalue weighted by atomic mass is 32.1. The highest BCUT2D eigenvalue weighted by molar-refractivity contribution is 7.15. The zero-order valence-electron chi connectivity index (χ0n) is 20.5. The number of aryl methyl sites for hydroxylation is 1. The number of imidazole rings is 1. The monoisotopic (exact) mass is 506 g/mol. The van der Waals surface area contributed by atoms with E-state index in [1.165, 1.54) is 29.0 Å². The van der Waals surface area contributed by atoms with Crippen LogP contribution in [0, 0.1) is 6.92 Å². The van der Waals surface area contributed by atoms with E-state index in [9.17, 15) is 0 Å². The number of nitrogens with zero attached hydrogens (tertiary/aromatic N) is 4. The number of aromatic nitrogens is 6. The smallest absolute Gasteiger partial charge is 0.161 e. The van der Waals surface area contributed by atoms with Crippen LogP contribution in [0.5, 0.6) is 5.75 Å². The molecule has 5 heterocycles. The molecular weight excluding hydrogens is 480 g/mol. The molecule has 1 aromatic carbocycles. The van der Waals surface area contributed by atoms with E-state index in [0.717, 1.165) is 57.5 Å². The standard InChI is InChI=1S/C29H26N6OS/c1-17-10-13-25(37-17)21-8-5-9-23-26(21)33-29(32-23)28-27-24(34-35-28)12-11-22(31-27)18-14-20(16-30-15-18)36-19-6-3-2-4-7-19/h5,8-16,19H,2-4,6-7H2,1H3,(H,32,33)(H,34,35). The summed E-state index contributed by atoms with van der Waals surface area (Å²) in [7, 11) is 0. The lowest BCUT2D eigenvalue weighted by atomic mass is 9.98. The van der Waals surface area contributed by atoms with Crippen molar-refractivity contribution in [2.75, 3.05) is 0 Å². The summed E-state index contributed by atoms with van der Waals surface area (Å²) in [4.78, 5) is 20.3. The second kappa shape index (κ2) is 9.12. The zero-order valence-corrected chi connectivity index (χ0v) is 21.3. The highest BCUT2D eigenvalue weighted by Gasteiger charge is 2.18. The molecule has 0 bridgehead atoms. The molecule has 2 N–H and O–H groups in total. The molecule has 184 valence electrons. The summed E-state index contributed by atoms with van der Waals surface area (Å²) in [5.74, 6) is 1.49. The predicted molar refractivity (Wildman–Crippen MR) is 148 cm³/mol. The van der Waals surface area contributed by atoms with Crippen LogP contribution in [0.25, 0.3) is 55.3 Å². The van der Waals surface area contributed by atoms with Crippen LogP contribution in [0.3, 0.4) is 0 Å².